The minimum absolute atomic E-state index is 0.0524. The van der Waals surface area contributed by atoms with Gasteiger partial charge in [-0.3, -0.25) is 14.4 Å². The van der Waals surface area contributed by atoms with Crippen molar-refractivity contribution in [1.29, 1.82) is 0 Å². The van der Waals surface area contributed by atoms with Crippen LogP contribution in [0, 0.1) is 0 Å². The van der Waals surface area contributed by atoms with Gasteiger partial charge in [0, 0.05) is 12.0 Å². The van der Waals surface area contributed by atoms with E-state index in [0.717, 1.165) is 0 Å². The minimum Gasteiger partial charge on any atom is -0.481 e. The van der Waals surface area contributed by atoms with Crippen molar-refractivity contribution in [3.8, 4) is 0 Å². The number of hydrogen-bond donors (Lipinski definition) is 2. The van der Waals surface area contributed by atoms with Gasteiger partial charge in [0.2, 0.25) is 0 Å². The Kier molecular flexibility index (Phi) is 4.59. The zero-order valence-corrected chi connectivity index (χ0v) is 9.92. The molecule has 0 radical (unpaired) electrons. The Morgan fingerprint density at radius 3 is 2.06 bits per heavy atom. The molecule has 0 saturated carbocycles. The highest BCUT2D eigenvalue weighted by Crippen LogP contribution is 2.17. The highest BCUT2D eigenvalue weighted by Gasteiger charge is 2.14. The maximum atomic E-state index is 11.6. The quantitative estimate of drug-likeness (QED) is 0.752. The number of carboxylic acids is 2. The van der Waals surface area contributed by atoms with Gasteiger partial charge in [-0.25, -0.2) is 0 Å². The van der Waals surface area contributed by atoms with E-state index < -0.39 is 17.9 Å². The van der Waals surface area contributed by atoms with Crippen molar-refractivity contribution in [1.82, 2.24) is 0 Å². The zero-order chi connectivity index (χ0) is 13.7. The van der Waals surface area contributed by atoms with Crippen molar-refractivity contribution < 1.29 is 24.6 Å². The normalized spacial score (nSPS) is 11.8. The molecule has 1 unspecified atom stereocenters. The molecule has 1 rings (SSSR count). The van der Waals surface area contributed by atoms with Gasteiger partial charge in [0.05, 0.1) is 12.3 Å². The topological polar surface area (TPSA) is 91.7 Å². The Balaban J connectivity index is 2.73. The van der Waals surface area contributed by atoms with E-state index in [2.05, 4.69) is 0 Å². The highest BCUT2D eigenvalue weighted by atomic mass is 16.4. The molecular weight excluding hydrogens is 236 g/mol. The van der Waals surface area contributed by atoms with E-state index in [0.29, 0.717) is 11.1 Å². The Morgan fingerprint density at radius 1 is 1.06 bits per heavy atom. The fourth-order valence-corrected chi connectivity index (χ4v) is 1.47. The number of Topliss-reactive ketones (excluding diaryl/α,β-unsaturated/α-hetero) is 1. The van der Waals surface area contributed by atoms with E-state index in [1.54, 1.807) is 19.1 Å². The number of hydrogen-bond acceptors (Lipinski definition) is 3. The summed E-state index contributed by atoms with van der Waals surface area (Å²) < 4.78 is 0. The lowest BCUT2D eigenvalue weighted by Crippen LogP contribution is -2.08. The molecule has 2 N–H and O–H groups in total. The van der Waals surface area contributed by atoms with Crippen molar-refractivity contribution in [2.45, 2.75) is 25.7 Å². The maximum Gasteiger partial charge on any atom is 0.310 e. The maximum absolute atomic E-state index is 11.6. The third-order valence-corrected chi connectivity index (χ3v) is 2.67. The van der Waals surface area contributed by atoms with Gasteiger partial charge in [-0.2, -0.15) is 0 Å². The molecule has 0 saturated heterocycles. The second-order valence-corrected chi connectivity index (χ2v) is 4.00. The Labute approximate surface area is 104 Å². The monoisotopic (exact) mass is 250 g/mol. The molecular formula is C13H14O5. The average molecular weight is 250 g/mol. The van der Waals surface area contributed by atoms with Gasteiger partial charge in [-0.05, 0) is 12.5 Å². The fourth-order valence-electron chi connectivity index (χ4n) is 1.47. The second kappa shape index (κ2) is 5.95. The standard InChI is InChI=1S/C13H14O5/c1-8(13(17)18)9-2-4-10(5-3-9)11(14)6-7-12(15)16/h2-5,8H,6-7H2,1H3,(H,15,16)(H,17,18). The summed E-state index contributed by atoms with van der Waals surface area (Å²) in [6.07, 6.45) is -0.255. The molecule has 0 aliphatic rings. The largest absolute Gasteiger partial charge is 0.481 e. The molecule has 1 aromatic carbocycles. The van der Waals surface area contributed by atoms with Gasteiger partial charge < -0.3 is 10.2 Å². The van der Waals surface area contributed by atoms with E-state index in [1.165, 1.54) is 12.1 Å². The van der Waals surface area contributed by atoms with Crippen LogP contribution in [-0.2, 0) is 9.59 Å². The van der Waals surface area contributed by atoms with Crippen LogP contribution in [0.4, 0.5) is 0 Å². The van der Waals surface area contributed by atoms with Crippen LogP contribution in [0.15, 0.2) is 24.3 Å². The number of rotatable bonds is 6. The number of carbonyl (C=O) groups is 3. The predicted molar refractivity (Wildman–Crippen MR) is 63.7 cm³/mol. The highest BCUT2D eigenvalue weighted by molar-refractivity contribution is 5.97. The van der Waals surface area contributed by atoms with Crippen LogP contribution in [0.3, 0.4) is 0 Å². The lowest BCUT2D eigenvalue weighted by Gasteiger charge is -2.07. The van der Waals surface area contributed by atoms with Crippen molar-refractivity contribution in [3.05, 3.63) is 35.4 Å². The predicted octanol–water partition coefficient (Wildman–Crippen LogP) is 1.92. The van der Waals surface area contributed by atoms with Gasteiger partial charge in [0.15, 0.2) is 5.78 Å². The van der Waals surface area contributed by atoms with E-state index in [4.69, 9.17) is 10.2 Å². The fraction of sp³-hybridized carbons (Fsp3) is 0.308. The first kappa shape index (κ1) is 13.9. The van der Waals surface area contributed by atoms with Crippen LogP contribution in [0.25, 0.3) is 0 Å². The average Bonchev–Trinajstić information content (AvgIpc) is 2.35. The SMILES string of the molecule is CC(C(=O)O)c1ccc(C(=O)CCC(=O)O)cc1. The van der Waals surface area contributed by atoms with Crippen molar-refractivity contribution in [2.75, 3.05) is 0 Å². The number of carbonyl (C=O) groups excluding carboxylic acids is 1. The Morgan fingerprint density at radius 2 is 1.61 bits per heavy atom. The second-order valence-electron chi connectivity index (χ2n) is 4.00. The number of ketones is 1. The molecule has 5 nitrogen and oxygen atoms in total. The van der Waals surface area contributed by atoms with Gasteiger partial charge in [-0.15, -0.1) is 0 Å². The molecule has 96 valence electrons. The van der Waals surface area contributed by atoms with E-state index in [1.807, 2.05) is 0 Å². The van der Waals surface area contributed by atoms with Crippen LogP contribution in [0.1, 0.15) is 41.6 Å². The smallest absolute Gasteiger partial charge is 0.310 e. The summed E-state index contributed by atoms with van der Waals surface area (Å²) in [5.41, 5.74) is 1.01. The van der Waals surface area contributed by atoms with E-state index in [9.17, 15) is 14.4 Å². The third kappa shape index (κ3) is 3.69. The molecule has 0 spiro atoms. The molecule has 18 heavy (non-hydrogen) atoms. The van der Waals surface area contributed by atoms with Crippen molar-refractivity contribution in [3.63, 3.8) is 0 Å². The van der Waals surface area contributed by atoms with Gasteiger partial charge in [0.25, 0.3) is 0 Å². The first-order valence-electron chi connectivity index (χ1n) is 5.49. The summed E-state index contributed by atoms with van der Waals surface area (Å²) >= 11 is 0. The van der Waals surface area contributed by atoms with E-state index >= 15 is 0 Å². The Hall–Kier alpha value is -2.17. The zero-order valence-electron chi connectivity index (χ0n) is 9.92. The number of benzene rings is 1. The third-order valence-electron chi connectivity index (χ3n) is 2.67. The molecule has 0 aliphatic carbocycles. The number of carboxylic acid groups (broad SMARTS) is 2. The lowest BCUT2D eigenvalue weighted by atomic mass is 9.98. The Bertz CT molecular complexity index is 461. The van der Waals surface area contributed by atoms with Crippen molar-refractivity contribution in [2.24, 2.45) is 0 Å². The molecule has 0 aromatic heterocycles. The molecule has 0 amide bonds. The van der Waals surface area contributed by atoms with E-state index in [-0.39, 0.29) is 18.6 Å². The first-order valence-corrected chi connectivity index (χ1v) is 5.49. The summed E-state index contributed by atoms with van der Waals surface area (Å²) in [5.74, 6) is -2.83. The minimum atomic E-state index is -1.01. The summed E-state index contributed by atoms with van der Waals surface area (Å²) in [6.45, 7) is 1.56. The first-order chi connectivity index (χ1) is 8.41. The van der Waals surface area contributed by atoms with Crippen LogP contribution >= 0.6 is 0 Å². The lowest BCUT2D eigenvalue weighted by molar-refractivity contribution is -0.138. The molecule has 1 atom stereocenters. The molecule has 1 aromatic rings. The summed E-state index contributed by atoms with van der Waals surface area (Å²) in [7, 11) is 0. The molecule has 5 heteroatoms. The summed E-state index contributed by atoms with van der Waals surface area (Å²) in [5, 5.41) is 17.3. The molecule has 0 heterocycles. The molecule has 0 fully saturated rings. The van der Waals surface area contributed by atoms with Gasteiger partial charge in [0.1, 0.15) is 0 Å². The van der Waals surface area contributed by atoms with Crippen molar-refractivity contribution >= 4 is 17.7 Å². The van der Waals surface area contributed by atoms with Crippen LogP contribution < -0.4 is 0 Å². The number of aliphatic carboxylic acids is 2. The van der Waals surface area contributed by atoms with Gasteiger partial charge >= 0.3 is 11.9 Å². The summed E-state index contributed by atoms with van der Waals surface area (Å²) in [6, 6.07) is 6.21. The summed E-state index contributed by atoms with van der Waals surface area (Å²) in [4.78, 5) is 32.7. The van der Waals surface area contributed by atoms with Crippen LogP contribution in [-0.4, -0.2) is 27.9 Å². The van der Waals surface area contributed by atoms with Gasteiger partial charge in [-0.1, -0.05) is 24.3 Å². The molecule has 0 aliphatic heterocycles. The van der Waals surface area contributed by atoms with Crippen LogP contribution in [0.5, 0.6) is 0 Å². The molecule has 0 bridgehead atoms. The van der Waals surface area contributed by atoms with Crippen LogP contribution in [0.2, 0.25) is 0 Å².